The second kappa shape index (κ2) is 5.91. The van der Waals surface area contributed by atoms with E-state index in [1.165, 1.54) is 5.56 Å². The van der Waals surface area contributed by atoms with Gasteiger partial charge in [0.15, 0.2) is 0 Å². The molecule has 0 aliphatic rings. The molecule has 0 radical (unpaired) electrons. The summed E-state index contributed by atoms with van der Waals surface area (Å²) < 4.78 is 10.6. The molecule has 18 heavy (non-hydrogen) atoms. The molecule has 2 aromatic carbocycles. The molecular weight excluding hydrogens is 292 g/mol. The normalized spacial score (nSPS) is 10.2. The second-order valence-electron chi connectivity index (χ2n) is 3.90. The lowest BCUT2D eigenvalue weighted by Crippen LogP contribution is -1.90. The van der Waals surface area contributed by atoms with Gasteiger partial charge in [-0.3, -0.25) is 0 Å². The van der Waals surface area contributed by atoms with Crippen molar-refractivity contribution in [2.24, 2.45) is 0 Å². The van der Waals surface area contributed by atoms with Crippen molar-refractivity contribution in [2.75, 3.05) is 14.2 Å². The molecule has 0 heterocycles. The maximum absolute atomic E-state index is 5.41. The van der Waals surface area contributed by atoms with Crippen LogP contribution < -0.4 is 9.47 Å². The average Bonchev–Trinajstić information content (AvgIpc) is 2.46. The van der Waals surface area contributed by atoms with Crippen LogP contribution in [0.5, 0.6) is 11.5 Å². The number of benzene rings is 2. The molecule has 94 valence electrons. The first kappa shape index (κ1) is 13.0. The van der Waals surface area contributed by atoms with Gasteiger partial charge >= 0.3 is 0 Å². The monoisotopic (exact) mass is 306 g/mol. The Hall–Kier alpha value is -1.48. The summed E-state index contributed by atoms with van der Waals surface area (Å²) in [5.74, 6) is 1.62. The standard InChI is InChI=1S/C15H15BrO2/c1-17-13-7-8-14(15(9-13)18-2)12-5-3-11(10-16)4-6-12/h3-9H,10H2,1-2H3. The van der Waals surface area contributed by atoms with Crippen molar-refractivity contribution in [1.82, 2.24) is 0 Å². The summed E-state index contributed by atoms with van der Waals surface area (Å²) in [6.45, 7) is 0. The molecule has 2 nitrogen and oxygen atoms in total. The largest absolute Gasteiger partial charge is 0.497 e. The maximum atomic E-state index is 5.41. The number of hydrogen-bond donors (Lipinski definition) is 0. The van der Waals surface area contributed by atoms with Crippen LogP contribution in [0, 0.1) is 0 Å². The second-order valence-corrected chi connectivity index (χ2v) is 4.46. The molecule has 0 unspecified atom stereocenters. The van der Waals surface area contributed by atoms with E-state index in [2.05, 4.69) is 40.2 Å². The molecule has 0 aliphatic carbocycles. The van der Waals surface area contributed by atoms with E-state index in [0.29, 0.717) is 0 Å². The van der Waals surface area contributed by atoms with Gasteiger partial charge in [-0.15, -0.1) is 0 Å². The van der Waals surface area contributed by atoms with Crippen LogP contribution in [-0.2, 0) is 5.33 Å². The Balaban J connectivity index is 2.42. The van der Waals surface area contributed by atoms with Crippen LogP contribution in [-0.4, -0.2) is 14.2 Å². The van der Waals surface area contributed by atoms with E-state index in [-0.39, 0.29) is 0 Å². The van der Waals surface area contributed by atoms with E-state index in [1.54, 1.807) is 14.2 Å². The van der Waals surface area contributed by atoms with Gasteiger partial charge < -0.3 is 9.47 Å². The number of methoxy groups -OCH3 is 2. The molecular formula is C15H15BrO2. The minimum Gasteiger partial charge on any atom is -0.497 e. The Bertz CT molecular complexity index is 521. The number of hydrogen-bond acceptors (Lipinski definition) is 2. The molecule has 2 aromatic rings. The Kier molecular flexibility index (Phi) is 4.26. The fraction of sp³-hybridized carbons (Fsp3) is 0.200. The molecule has 2 rings (SSSR count). The third kappa shape index (κ3) is 2.67. The molecule has 0 spiro atoms. The van der Waals surface area contributed by atoms with Crippen LogP contribution in [0.4, 0.5) is 0 Å². The van der Waals surface area contributed by atoms with Crippen LogP contribution in [0.3, 0.4) is 0 Å². The average molecular weight is 307 g/mol. The van der Waals surface area contributed by atoms with Gasteiger partial charge in [0, 0.05) is 17.0 Å². The molecule has 0 bridgehead atoms. The molecule has 0 saturated heterocycles. The minimum atomic E-state index is 0.799. The summed E-state index contributed by atoms with van der Waals surface area (Å²) in [4.78, 5) is 0. The predicted molar refractivity (Wildman–Crippen MR) is 77.6 cm³/mol. The van der Waals surface area contributed by atoms with Crippen LogP contribution in [0.2, 0.25) is 0 Å². The van der Waals surface area contributed by atoms with Gasteiger partial charge in [-0.25, -0.2) is 0 Å². The van der Waals surface area contributed by atoms with Crippen molar-refractivity contribution in [3.05, 3.63) is 48.0 Å². The Morgan fingerprint density at radius 3 is 2.22 bits per heavy atom. The van der Waals surface area contributed by atoms with Crippen LogP contribution in [0.1, 0.15) is 5.56 Å². The highest BCUT2D eigenvalue weighted by Crippen LogP contribution is 2.33. The van der Waals surface area contributed by atoms with Crippen LogP contribution in [0.15, 0.2) is 42.5 Å². The van der Waals surface area contributed by atoms with E-state index in [1.807, 2.05) is 18.2 Å². The first-order chi connectivity index (χ1) is 8.78. The number of alkyl halides is 1. The zero-order chi connectivity index (χ0) is 13.0. The lowest BCUT2D eigenvalue weighted by molar-refractivity contribution is 0.395. The van der Waals surface area contributed by atoms with E-state index < -0.39 is 0 Å². The van der Waals surface area contributed by atoms with Gasteiger partial charge in [0.25, 0.3) is 0 Å². The van der Waals surface area contributed by atoms with Gasteiger partial charge in [-0.05, 0) is 23.3 Å². The van der Waals surface area contributed by atoms with Gasteiger partial charge in [0.1, 0.15) is 11.5 Å². The fourth-order valence-electron chi connectivity index (χ4n) is 1.81. The molecule has 0 amide bonds. The lowest BCUT2D eigenvalue weighted by atomic mass is 10.0. The van der Waals surface area contributed by atoms with Crippen molar-refractivity contribution in [2.45, 2.75) is 5.33 Å². The number of ether oxygens (including phenoxy) is 2. The number of rotatable bonds is 4. The summed E-state index contributed by atoms with van der Waals surface area (Å²) in [5.41, 5.74) is 3.46. The van der Waals surface area contributed by atoms with E-state index in [9.17, 15) is 0 Å². The van der Waals surface area contributed by atoms with Gasteiger partial charge in [0.05, 0.1) is 14.2 Å². The topological polar surface area (TPSA) is 18.5 Å². The molecule has 0 aromatic heterocycles. The highest BCUT2D eigenvalue weighted by atomic mass is 79.9. The predicted octanol–water partition coefficient (Wildman–Crippen LogP) is 4.27. The first-order valence-corrected chi connectivity index (χ1v) is 6.78. The Labute approximate surface area is 116 Å². The summed E-state index contributed by atoms with van der Waals surface area (Å²) in [6.07, 6.45) is 0. The van der Waals surface area contributed by atoms with Crippen molar-refractivity contribution in [1.29, 1.82) is 0 Å². The SMILES string of the molecule is COc1ccc(-c2ccc(CBr)cc2)c(OC)c1. The molecule has 0 aliphatic heterocycles. The van der Waals surface area contributed by atoms with Gasteiger partial charge in [0.2, 0.25) is 0 Å². The summed E-state index contributed by atoms with van der Waals surface area (Å²) in [7, 11) is 3.32. The fourth-order valence-corrected chi connectivity index (χ4v) is 2.18. The Morgan fingerprint density at radius 2 is 1.67 bits per heavy atom. The highest BCUT2D eigenvalue weighted by Gasteiger charge is 2.07. The molecule has 0 atom stereocenters. The highest BCUT2D eigenvalue weighted by molar-refractivity contribution is 9.08. The summed E-state index contributed by atoms with van der Waals surface area (Å²) in [6, 6.07) is 14.3. The summed E-state index contributed by atoms with van der Waals surface area (Å²) >= 11 is 3.44. The van der Waals surface area contributed by atoms with E-state index in [0.717, 1.165) is 28.0 Å². The van der Waals surface area contributed by atoms with E-state index >= 15 is 0 Å². The van der Waals surface area contributed by atoms with Crippen LogP contribution in [0.25, 0.3) is 11.1 Å². The zero-order valence-corrected chi connectivity index (χ0v) is 12.0. The van der Waals surface area contributed by atoms with Crippen molar-refractivity contribution < 1.29 is 9.47 Å². The lowest BCUT2D eigenvalue weighted by Gasteiger charge is -2.10. The minimum absolute atomic E-state index is 0.799. The molecule has 3 heteroatoms. The first-order valence-electron chi connectivity index (χ1n) is 5.65. The van der Waals surface area contributed by atoms with Gasteiger partial charge in [-0.1, -0.05) is 40.2 Å². The van der Waals surface area contributed by atoms with Crippen molar-refractivity contribution in [3.8, 4) is 22.6 Å². The van der Waals surface area contributed by atoms with Crippen molar-refractivity contribution >= 4 is 15.9 Å². The molecule has 0 saturated carbocycles. The molecule has 0 fully saturated rings. The zero-order valence-electron chi connectivity index (χ0n) is 10.4. The third-order valence-electron chi connectivity index (χ3n) is 2.83. The quantitative estimate of drug-likeness (QED) is 0.786. The summed E-state index contributed by atoms with van der Waals surface area (Å²) in [5, 5.41) is 0.868. The maximum Gasteiger partial charge on any atom is 0.130 e. The smallest absolute Gasteiger partial charge is 0.130 e. The molecule has 0 N–H and O–H groups in total. The van der Waals surface area contributed by atoms with Gasteiger partial charge in [-0.2, -0.15) is 0 Å². The van der Waals surface area contributed by atoms with Crippen LogP contribution >= 0.6 is 15.9 Å². The third-order valence-corrected chi connectivity index (χ3v) is 3.48. The number of halogens is 1. The van der Waals surface area contributed by atoms with Crippen molar-refractivity contribution in [3.63, 3.8) is 0 Å². The Morgan fingerprint density at radius 1 is 0.944 bits per heavy atom. The van der Waals surface area contributed by atoms with E-state index in [4.69, 9.17) is 9.47 Å².